The first-order valence-corrected chi connectivity index (χ1v) is 8.53. The fourth-order valence-electron chi connectivity index (χ4n) is 2.93. The lowest BCUT2D eigenvalue weighted by Crippen LogP contribution is -2.45. The number of benzene rings is 1. The molecule has 0 saturated carbocycles. The summed E-state index contributed by atoms with van der Waals surface area (Å²) in [6.07, 6.45) is 6.38. The average molecular weight is 392 g/mol. The van der Waals surface area contributed by atoms with Crippen LogP contribution in [0.4, 0.5) is 4.39 Å². The van der Waals surface area contributed by atoms with Crippen LogP contribution in [0, 0.1) is 5.82 Å². The lowest BCUT2D eigenvalue weighted by molar-refractivity contribution is 0.162. The van der Waals surface area contributed by atoms with E-state index in [0.29, 0.717) is 10.5 Å². The van der Waals surface area contributed by atoms with Crippen LogP contribution in [0.25, 0.3) is 0 Å². The van der Waals surface area contributed by atoms with Gasteiger partial charge in [0.15, 0.2) is 0 Å². The lowest BCUT2D eigenvalue weighted by Gasteiger charge is -2.36. The highest BCUT2D eigenvalue weighted by Crippen LogP contribution is 2.33. The summed E-state index contributed by atoms with van der Waals surface area (Å²) in [4.78, 5) is 2.48. The van der Waals surface area contributed by atoms with Crippen molar-refractivity contribution < 1.29 is 4.39 Å². The molecule has 0 aromatic heterocycles. The molecule has 0 spiro atoms. The van der Waals surface area contributed by atoms with Crippen LogP contribution in [0.5, 0.6) is 0 Å². The first-order chi connectivity index (χ1) is 10.2. The van der Waals surface area contributed by atoms with Crippen LogP contribution in [0.2, 0.25) is 0 Å². The summed E-state index contributed by atoms with van der Waals surface area (Å²) in [5.41, 5.74) is 1.08. The molecule has 1 aromatic carbocycles. The molecule has 0 radical (unpaired) electrons. The van der Waals surface area contributed by atoms with Crippen LogP contribution in [0.15, 0.2) is 35.3 Å². The maximum absolute atomic E-state index is 13.9. The summed E-state index contributed by atoms with van der Waals surface area (Å²) >= 11 is 3.44. The quantitative estimate of drug-likeness (QED) is 0.535. The van der Waals surface area contributed by atoms with Crippen LogP contribution < -0.4 is 5.32 Å². The Balaban J connectivity index is 0.00000242. The average Bonchev–Trinajstić information content (AvgIpc) is 2.52. The number of hydrogen-bond acceptors (Lipinski definition) is 2. The van der Waals surface area contributed by atoms with E-state index in [1.165, 1.54) is 6.07 Å². The third-order valence-corrected chi connectivity index (χ3v) is 4.91. The monoisotopic (exact) mass is 390 g/mol. The molecule has 1 heterocycles. The second kappa shape index (κ2) is 10.4. The van der Waals surface area contributed by atoms with E-state index in [2.05, 4.69) is 32.7 Å². The van der Waals surface area contributed by atoms with E-state index in [0.717, 1.165) is 57.4 Å². The molecule has 0 bridgehead atoms. The number of halogens is 3. The molecular weight excluding hydrogens is 367 g/mol. The van der Waals surface area contributed by atoms with Gasteiger partial charge in [0.25, 0.3) is 0 Å². The predicted octanol–water partition coefficient (Wildman–Crippen LogP) is 4.70. The Hall–Kier alpha value is -0.420. The summed E-state index contributed by atoms with van der Waals surface area (Å²) in [5.74, 6) is -0.168. The molecule has 0 aliphatic carbocycles. The zero-order chi connectivity index (χ0) is 15.1. The van der Waals surface area contributed by atoms with E-state index in [-0.39, 0.29) is 18.2 Å². The zero-order valence-electron chi connectivity index (χ0n) is 12.9. The van der Waals surface area contributed by atoms with Gasteiger partial charge in [-0.1, -0.05) is 24.6 Å². The molecule has 22 heavy (non-hydrogen) atoms. The zero-order valence-corrected chi connectivity index (χ0v) is 15.3. The maximum atomic E-state index is 13.9. The first-order valence-electron chi connectivity index (χ1n) is 7.73. The standard InChI is InChI=1S/C17H24BrFN2.ClH/c1-2-3-4-5-9-16(21-12-10-20-11-13-21)14-7-6-8-15(19)17(14)18;/h2,6-8,16,20H,1,3-5,9-13H2;1H/t16-;/m1./s1. The van der Waals surface area contributed by atoms with Gasteiger partial charge in [-0.25, -0.2) is 4.39 Å². The normalized spacial score (nSPS) is 16.8. The Bertz CT molecular complexity index is 464. The third-order valence-electron chi connectivity index (χ3n) is 4.07. The van der Waals surface area contributed by atoms with Crippen molar-refractivity contribution in [1.82, 2.24) is 10.2 Å². The van der Waals surface area contributed by atoms with Crippen LogP contribution >= 0.6 is 28.3 Å². The molecule has 0 amide bonds. The van der Waals surface area contributed by atoms with Gasteiger partial charge in [-0.3, -0.25) is 4.90 Å². The van der Waals surface area contributed by atoms with Crippen molar-refractivity contribution in [2.24, 2.45) is 0 Å². The van der Waals surface area contributed by atoms with Gasteiger partial charge in [0, 0.05) is 32.2 Å². The van der Waals surface area contributed by atoms with Gasteiger partial charge in [0.05, 0.1) is 4.47 Å². The molecule has 2 nitrogen and oxygen atoms in total. The number of nitrogens with zero attached hydrogens (tertiary/aromatic N) is 1. The van der Waals surface area contributed by atoms with Crippen LogP contribution in [-0.2, 0) is 0 Å². The van der Waals surface area contributed by atoms with Crippen molar-refractivity contribution in [1.29, 1.82) is 0 Å². The second-order valence-corrected chi connectivity index (χ2v) is 6.31. The number of allylic oxidation sites excluding steroid dienone is 1. The second-order valence-electron chi connectivity index (χ2n) is 5.52. The summed E-state index contributed by atoms with van der Waals surface area (Å²) in [5, 5.41) is 3.38. The number of nitrogens with one attached hydrogen (secondary N) is 1. The number of unbranched alkanes of at least 4 members (excludes halogenated alkanes) is 2. The van der Waals surface area contributed by atoms with E-state index in [4.69, 9.17) is 0 Å². The van der Waals surface area contributed by atoms with E-state index < -0.39 is 0 Å². The van der Waals surface area contributed by atoms with Crippen molar-refractivity contribution >= 4 is 28.3 Å². The molecule has 1 fully saturated rings. The molecule has 1 saturated heterocycles. The molecule has 5 heteroatoms. The fourth-order valence-corrected chi connectivity index (χ4v) is 3.46. The highest BCUT2D eigenvalue weighted by Gasteiger charge is 2.24. The molecule has 124 valence electrons. The van der Waals surface area contributed by atoms with Crippen LogP contribution in [0.3, 0.4) is 0 Å². The smallest absolute Gasteiger partial charge is 0.137 e. The first kappa shape index (κ1) is 19.6. The van der Waals surface area contributed by atoms with Crippen LogP contribution in [-0.4, -0.2) is 31.1 Å². The Morgan fingerprint density at radius 3 is 2.73 bits per heavy atom. The van der Waals surface area contributed by atoms with E-state index in [1.807, 2.05) is 18.2 Å². The topological polar surface area (TPSA) is 15.3 Å². The van der Waals surface area contributed by atoms with Gasteiger partial charge >= 0.3 is 0 Å². The minimum absolute atomic E-state index is 0. The number of piperazine rings is 1. The van der Waals surface area contributed by atoms with Gasteiger partial charge in [0.1, 0.15) is 5.82 Å². The van der Waals surface area contributed by atoms with Gasteiger partial charge in [-0.15, -0.1) is 19.0 Å². The van der Waals surface area contributed by atoms with Gasteiger partial charge in [-0.05, 0) is 46.8 Å². The molecule has 0 unspecified atom stereocenters. The molecule has 1 aromatic rings. The van der Waals surface area contributed by atoms with Crippen molar-refractivity contribution in [3.05, 3.63) is 46.7 Å². The summed E-state index contributed by atoms with van der Waals surface area (Å²) in [6.45, 7) is 7.84. The molecular formula is C17H25BrClFN2. The van der Waals surface area contributed by atoms with Crippen molar-refractivity contribution in [2.75, 3.05) is 26.2 Å². The Morgan fingerprint density at radius 2 is 2.05 bits per heavy atom. The SMILES string of the molecule is C=CCCCC[C@H](c1cccc(F)c1Br)N1CCNCC1.Cl. The van der Waals surface area contributed by atoms with Gasteiger partial charge < -0.3 is 5.32 Å². The van der Waals surface area contributed by atoms with Crippen molar-refractivity contribution in [3.8, 4) is 0 Å². The molecule has 1 aliphatic heterocycles. The summed E-state index contributed by atoms with van der Waals surface area (Å²) in [7, 11) is 0. The predicted molar refractivity (Wildman–Crippen MR) is 97.2 cm³/mol. The number of hydrogen-bond donors (Lipinski definition) is 1. The minimum atomic E-state index is -0.168. The molecule has 1 aliphatic rings. The molecule has 1 atom stereocenters. The lowest BCUT2D eigenvalue weighted by atomic mass is 9.98. The Morgan fingerprint density at radius 1 is 1.32 bits per heavy atom. The van der Waals surface area contributed by atoms with Crippen molar-refractivity contribution in [3.63, 3.8) is 0 Å². The van der Waals surface area contributed by atoms with E-state index in [9.17, 15) is 4.39 Å². The molecule has 1 N–H and O–H groups in total. The largest absolute Gasteiger partial charge is 0.314 e. The maximum Gasteiger partial charge on any atom is 0.137 e. The Labute approximate surface area is 147 Å². The number of rotatable bonds is 7. The third kappa shape index (κ3) is 5.34. The van der Waals surface area contributed by atoms with Crippen LogP contribution in [0.1, 0.15) is 37.3 Å². The summed E-state index contributed by atoms with van der Waals surface area (Å²) < 4.78 is 14.5. The van der Waals surface area contributed by atoms with E-state index >= 15 is 0 Å². The van der Waals surface area contributed by atoms with E-state index in [1.54, 1.807) is 0 Å². The highest BCUT2D eigenvalue weighted by atomic mass is 79.9. The fraction of sp³-hybridized carbons (Fsp3) is 0.529. The van der Waals surface area contributed by atoms with Gasteiger partial charge in [-0.2, -0.15) is 0 Å². The molecule has 2 rings (SSSR count). The minimum Gasteiger partial charge on any atom is -0.314 e. The van der Waals surface area contributed by atoms with Gasteiger partial charge in [0.2, 0.25) is 0 Å². The Kier molecular flexibility index (Phi) is 9.25. The summed E-state index contributed by atoms with van der Waals surface area (Å²) in [6, 6.07) is 5.67. The van der Waals surface area contributed by atoms with Crippen molar-refractivity contribution in [2.45, 2.75) is 31.7 Å². The highest BCUT2D eigenvalue weighted by molar-refractivity contribution is 9.10.